The van der Waals surface area contributed by atoms with Crippen molar-refractivity contribution < 1.29 is 99.3 Å². The van der Waals surface area contributed by atoms with Crippen molar-refractivity contribution in [1.82, 2.24) is 10.6 Å². The van der Waals surface area contributed by atoms with Crippen LogP contribution < -0.4 is 10.6 Å². The molecule has 0 radical (unpaired) electrons. The number of aliphatic carboxylic acids is 1. The van der Waals surface area contributed by atoms with Gasteiger partial charge < -0.3 is 95.6 Å². The monoisotopic (exact) mass is 690 g/mol. The van der Waals surface area contributed by atoms with Gasteiger partial charge in [0.25, 0.3) is 5.79 Å². The lowest BCUT2D eigenvalue weighted by Gasteiger charge is -2.50. The molecular weight excluding hydrogens is 648 g/mol. The van der Waals surface area contributed by atoms with Crippen LogP contribution in [-0.4, -0.2) is 203 Å². The first kappa shape index (κ1) is 39.2. The topological polar surface area (TPSA) is 364 Å². The van der Waals surface area contributed by atoms with Crippen LogP contribution in [0.4, 0.5) is 0 Å². The second-order valence-electron chi connectivity index (χ2n) is 11.3. The molecule has 0 aromatic rings. The fourth-order valence-corrected chi connectivity index (χ4v) is 5.56. The smallest absolute Gasteiger partial charge is 0.364 e. The highest BCUT2D eigenvalue weighted by Gasteiger charge is 2.60. The highest BCUT2D eigenvalue weighted by Crippen LogP contribution is 2.38. The number of carboxylic acid groups (broad SMARTS) is 1. The van der Waals surface area contributed by atoms with Crippen LogP contribution in [0.15, 0.2) is 0 Å². The molecule has 3 rings (SSSR count). The average molecular weight is 691 g/mol. The van der Waals surface area contributed by atoms with E-state index in [0.29, 0.717) is 0 Å². The zero-order valence-electron chi connectivity index (χ0n) is 24.8. The number of carboxylic acids is 1. The Balaban J connectivity index is 1.98. The predicted molar refractivity (Wildman–Crippen MR) is 143 cm³/mol. The van der Waals surface area contributed by atoms with Gasteiger partial charge in [-0.15, -0.1) is 0 Å². The Hall–Kier alpha value is -2.23. The van der Waals surface area contributed by atoms with E-state index in [1.807, 2.05) is 0 Å². The summed E-state index contributed by atoms with van der Waals surface area (Å²) in [4.78, 5) is 36.3. The largest absolute Gasteiger partial charge is 0.477 e. The lowest BCUT2D eigenvalue weighted by Crippen LogP contribution is -2.71. The van der Waals surface area contributed by atoms with Crippen molar-refractivity contribution in [1.29, 1.82) is 0 Å². The van der Waals surface area contributed by atoms with Crippen molar-refractivity contribution in [2.75, 3.05) is 26.4 Å². The summed E-state index contributed by atoms with van der Waals surface area (Å²) in [5, 5.41) is 127. The first-order chi connectivity index (χ1) is 22.0. The SMILES string of the molecule is CC(=O)N[C@@H]1[C@@H](O[C@@H]2O[C@H](CO)[C@H](O)[C@H](O[C@]3(C(=O)O)C[C@H](O)[C@@H](NC(=O)CO)[C@H]([C@H](O)[C@H](O)CO)O3)[C@H]2O)[C@H](O)[C@@H](CO)O[C@@H]1O. The summed E-state index contributed by atoms with van der Waals surface area (Å²) in [6.07, 6.45) is -26.5. The standard InChI is InChI=1S/C25H42N2O20/c1-7(32)26-14-19(16(37)10(4-29)43-22(14)40)45-23-18(39)21(17(38)11(5-30)44-23)47-25(24(41)42)2-8(33)13(27-12(35)6-31)20(46-25)15(36)9(34)3-28/h8-11,13-23,28-31,33-34,36-40H,2-6H2,1H3,(H,26,32)(H,27,35)(H,41,42)/t8-,9+,10+,11+,13+,14+,15+,16+,17-,18+,19+,20+,21-,22-,23-,25-/m0/s1. The van der Waals surface area contributed by atoms with Crippen molar-refractivity contribution in [2.24, 2.45) is 0 Å². The maximum absolute atomic E-state index is 12.6. The molecule has 0 aromatic carbocycles. The van der Waals surface area contributed by atoms with Gasteiger partial charge in [0.1, 0.15) is 73.7 Å². The van der Waals surface area contributed by atoms with E-state index >= 15 is 0 Å². The highest BCUT2D eigenvalue weighted by molar-refractivity contribution is 5.78. The minimum Gasteiger partial charge on any atom is -0.477 e. The molecule has 3 aliphatic heterocycles. The molecule has 0 bridgehead atoms. The van der Waals surface area contributed by atoms with Crippen LogP contribution in [0.2, 0.25) is 0 Å². The highest BCUT2D eigenvalue weighted by atomic mass is 16.8. The van der Waals surface area contributed by atoms with Gasteiger partial charge in [-0.25, -0.2) is 4.79 Å². The molecule has 0 saturated carbocycles. The van der Waals surface area contributed by atoms with E-state index < -0.39 is 148 Å². The summed E-state index contributed by atoms with van der Waals surface area (Å²) < 4.78 is 27.2. The van der Waals surface area contributed by atoms with Gasteiger partial charge in [0.2, 0.25) is 11.8 Å². The number of aliphatic hydroxyl groups is 11. The van der Waals surface area contributed by atoms with Gasteiger partial charge in [-0.3, -0.25) is 9.59 Å². The molecule has 3 heterocycles. The summed E-state index contributed by atoms with van der Waals surface area (Å²) in [5.41, 5.74) is 0. The molecule has 0 aliphatic carbocycles. The first-order valence-electron chi connectivity index (χ1n) is 14.4. The average Bonchev–Trinajstić information content (AvgIpc) is 3.03. The van der Waals surface area contributed by atoms with Gasteiger partial charge >= 0.3 is 5.97 Å². The summed E-state index contributed by atoms with van der Waals surface area (Å²) in [6, 6.07) is -3.26. The molecule has 47 heavy (non-hydrogen) atoms. The number of ether oxygens (including phenoxy) is 5. The Labute approximate surface area is 265 Å². The molecule has 0 spiro atoms. The minimum atomic E-state index is -3.11. The van der Waals surface area contributed by atoms with Crippen molar-refractivity contribution in [2.45, 2.75) is 111 Å². The third-order valence-electron chi connectivity index (χ3n) is 7.97. The lowest BCUT2D eigenvalue weighted by molar-refractivity contribution is -0.380. The van der Waals surface area contributed by atoms with Gasteiger partial charge in [0.05, 0.1) is 32.0 Å². The second kappa shape index (κ2) is 16.4. The van der Waals surface area contributed by atoms with Crippen LogP contribution in [-0.2, 0) is 38.1 Å². The molecule has 0 aromatic heterocycles. The van der Waals surface area contributed by atoms with Crippen LogP contribution in [0.3, 0.4) is 0 Å². The Kier molecular flexibility index (Phi) is 13.7. The fourth-order valence-electron chi connectivity index (χ4n) is 5.56. The number of hydrogen-bond donors (Lipinski definition) is 14. The summed E-state index contributed by atoms with van der Waals surface area (Å²) in [6.45, 7) is -3.02. The van der Waals surface area contributed by atoms with Crippen LogP contribution in [0.25, 0.3) is 0 Å². The molecule has 3 fully saturated rings. The molecule has 14 N–H and O–H groups in total. The van der Waals surface area contributed by atoms with Gasteiger partial charge in [0.15, 0.2) is 12.6 Å². The van der Waals surface area contributed by atoms with E-state index in [2.05, 4.69) is 10.6 Å². The van der Waals surface area contributed by atoms with E-state index in [0.717, 1.165) is 6.92 Å². The fraction of sp³-hybridized carbons (Fsp3) is 0.880. The number of nitrogens with one attached hydrogen (secondary N) is 2. The van der Waals surface area contributed by atoms with E-state index in [9.17, 15) is 70.6 Å². The van der Waals surface area contributed by atoms with E-state index in [-0.39, 0.29) is 0 Å². The summed E-state index contributed by atoms with van der Waals surface area (Å²) in [7, 11) is 0. The van der Waals surface area contributed by atoms with Crippen LogP contribution in [0, 0.1) is 0 Å². The first-order valence-corrected chi connectivity index (χ1v) is 14.4. The number of aliphatic hydroxyl groups excluding tert-OH is 11. The maximum atomic E-state index is 12.6. The third kappa shape index (κ3) is 8.50. The van der Waals surface area contributed by atoms with Gasteiger partial charge in [0, 0.05) is 13.3 Å². The van der Waals surface area contributed by atoms with Gasteiger partial charge in [-0.2, -0.15) is 0 Å². The number of carbonyl (C=O) groups excluding carboxylic acids is 2. The van der Waals surface area contributed by atoms with Crippen molar-refractivity contribution >= 4 is 17.8 Å². The van der Waals surface area contributed by atoms with E-state index in [4.69, 9.17) is 28.8 Å². The predicted octanol–water partition coefficient (Wildman–Crippen LogP) is -9.11. The Morgan fingerprint density at radius 1 is 0.872 bits per heavy atom. The summed E-state index contributed by atoms with van der Waals surface area (Å²) >= 11 is 0. The van der Waals surface area contributed by atoms with Crippen LogP contribution in [0.1, 0.15) is 13.3 Å². The number of carbonyl (C=O) groups is 3. The maximum Gasteiger partial charge on any atom is 0.364 e. The second-order valence-corrected chi connectivity index (χ2v) is 11.3. The normalized spacial score (nSPS) is 42.3. The number of rotatable bonds is 13. The third-order valence-corrected chi connectivity index (χ3v) is 7.97. The zero-order chi connectivity index (χ0) is 35.4. The van der Waals surface area contributed by atoms with Gasteiger partial charge in [-0.1, -0.05) is 0 Å². The molecule has 16 atom stereocenters. The van der Waals surface area contributed by atoms with Gasteiger partial charge in [-0.05, 0) is 0 Å². The van der Waals surface area contributed by atoms with Crippen molar-refractivity contribution in [3.63, 3.8) is 0 Å². The number of hydrogen-bond acceptors (Lipinski definition) is 19. The Morgan fingerprint density at radius 3 is 2.00 bits per heavy atom. The van der Waals surface area contributed by atoms with E-state index in [1.54, 1.807) is 0 Å². The minimum absolute atomic E-state index is 0.733. The summed E-state index contributed by atoms with van der Waals surface area (Å²) in [5.74, 6) is -6.98. The number of amides is 2. The van der Waals surface area contributed by atoms with Crippen molar-refractivity contribution in [3.8, 4) is 0 Å². The Morgan fingerprint density at radius 2 is 1.47 bits per heavy atom. The molecule has 22 nitrogen and oxygen atoms in total. The zero-order valence-corrected chi connectivity index (χ0v) is 24.8. The molecule has 0 unspecified atom stereocenters. The molecule has 3 saturated heterocycles. The lowest BCUT2D eigenvalue weighted by atomic mass is 9.88. The molecule has 2 amide bonds. The van der Waals surface area contributed by atoms with Crippen molar-refractivity contribution in [3.05, 3.63) is 0 Å². The Bertz CT molecular complexity index is 1070. The molecule has 272 valence electrons. The quantitative estimate of drug-likeness (QED) is 0.0852. The molecule has 3 aliphatic rings. The van der Waals surface area contributed by atoms with Crippen LogP contribution in [0.5, 0.6) is 0 Å². The molecular formula is C25H42N2O20. The molecule has 22 heteroatoms. The van der Waals surface area contributed by atoms with Crippen LogP contribution >= 0.6 is 0 Å². The van der Waals surface area contributed by atoms with E-state index in [1.165, 1.54) is 0 Å².